The van der Waals surface area contributed by atoms with E-state index in [9.17, 15) is 4.79 Å². The van der Waals surface area contributed by atoms with Gasteiger partial charge in [0, 0.05) is 5.41 Å². The quantitative estimate of drug-likeness (QED) is 0.0685. The van der Waals surface area contributed by atoms with Gasteiger partial charge in [0.15, 0.2) is 11.5 Å². The van der Waals surface area contributed by atoms with Crippen LogP contribution in [0.15, 0.2) is 79.4 Å². The molecule has 0 bridgehead atoms. The molecule has 0 N–H and O–H groups in total. The van der Waals surface area contributed by atoms with Gasteiger partial charge in [-0.3, -0.25) is 0 Å². The van der Waals surface area contributed by atoms with Crippen molar-refractivity contribution in [3.8, 4) is 23.0 Å². The maximum absolute atomic E-state index is 13.1. The van der Waals surface area contributed by atoms with E-state index in [1.54, 1.807) is 18.2 Å². The molecule has 1 heterocycles. The molecular weight excluding hydrogens is 620 g/mol. The molecule has 8 heteroatoms. The summed E-state index contributed by atoms with van der Waals surface area (Å²) in [5.41, 5.74) is 2.38. The van der Waals surface area contributed by atoms with Crippen molar-refractivity contribution in [3.05, 3.63) is 96.1 Å². The fourth-order valence-electron chi connectivity index (χ4n) is 5.53. The highest BCUT2D eigenvalue weighted by Gasteiger charge is 2.23. The second-order valence-corrected chi connectivity index (χ2v) is 12.7. The minimum atomic E-state index is -0.485. The van der Waals surface area contributed by atoms with E-state index in [4.69, 9.17) is 33.2 Å². The van der Waals surface area contributed by atoms with Gasteiger partial charge in [-0.2, -0.15) is 0 Å². The molecule has 0 fully saturated rings. The van der Waals surface area contributed by atoms with Crippen LogP contribution in [0.4, 0.5) is 0 Å². The molecule has 8 nitrogen and oxygen atoms in total. The first-order valence-electron chi connectivity index (χ1n) is 17.8. The van der Waals surface area contributed by atoms with Crippen LogP contribution in [0.25, 0.3) is 0 Å². The molecule has 0 aromatic heterocycles. The minimum absolute atomic E-state index is 0.256. The van der Waals surface area contributed by atoms with Crippen LogP contribution in [-0.2, 0) is 19.6 Å². The Labute approximate surface area is 292 Å². The molecular formula is C41H54O8. The van der Waals surface area contributed by atoms with Crippen LogP contribution in [0.2, 0.25) is 0 Å². The van der Waals surface area contributed by atoms with Crippen molar-refractivity contribution >= 4 is 5.97 Å². The van der Waals surface area contributed by atoms with Crippen molar-refractivity contribution < 1.29 is 38.0 Å². The van der Waals surface area contributed by atoms with Gasteiger partial charge >= 0.3 is 5.97 Å². The summed E-state index contributed by atoms with van der Waals surface area (Å²) in [6, 6.07) is 21.0. The molecule has 3 aromatic rings. The minimum Gasteiger partial charge on any atom is -0.494 e. The summed E-state index contributed by atoms with van der Waals surface area (Å²) in [5, 5.41) is 0. The third-order valence-corrected chi connectivity index (χ3v) is 8.58. The fourth-order valence-corrected chi connectivity index (χ4v) is 5.53. The number of rotatable bonds is 15. The molecule has 0 unspecified atom stereocenters. The summed E-state index contributed by atoms with van der Waals surface area (Å²) in [5.74, 6) is 1.84. The maximum atomic E-state index is 13.1. The Balaban J connectivity index is 1.27. The Kier molecular flexibility index (Phi) is 16.5. The second-order valence-electron chi connectivity index (χ2n) is 12.7. The highest BCUT2D eigenvalue weighted by Crippen LogP contribution is 2.34. The summed E-state index contributed by atoms with van der Waals surface area (Å²) < 4.78 is 40.1. The standard InChI is InChI=1S/C41H54O8/c1-4-5-6-7-8-9-10-11-12-23-46-36-18-14-34(15-19-36)41(2,3)35-16-20-37(21-17-35)49-40(42)33-13-22-38-39(32-33)48-31-29-45-27-25-43-24-26-44-28-30-47-38/h4,13-22,32H,1,5-12,23-31H2,2-3H3. The van der Waals surface area contributed by atoms with Gasteiger partial charge < -0.3 is 33.2 Å². The maximum Gasteiger partial charge on any atom is 0.343 e. The molecule has 1 aliphatic heterocycles. The Morgan fingerprint density at radius 2 is 1.16 bits per heavy atom. The molecule has 49 heavy (non-hydrogen) atoms. The van der Waals surface area contributed by atoms with Crippen molar-refractivity contribution in [2.24, 2.45) is 0 Å². The van der Waals surface area contributed by atoms with E-state index in [0.717, 1.165) is 30.8 Å². The molecule has 1 aliphatic rings. The number of benzene rings is 3. The van der Waals surface area contributed by atoms with Gasteiger partial charge in [-0.05, 0) is 72.9 Å². The Morgan fingerprint density at radius 1 is 0.653 bits per heavy atom. The molecule has 266 valence electrons. The van der Waals surface area contributed by atoms with E-state index in [-0.39, 0.29) is 5.41 Å². The molecule has 0 amide bonds. The largest absolute Gasteiger partial charge is 0.494 e. The lowest BCUT2D eigenvalue weighted by Crippen LogP contribution is -2.19. The summed E-state index contributed by atoms with van der Waals surface area (Å²) in [6.45, 7) is 12.3. The molecule has 3 aromatic carbocycles. The lowest BCUT2D eigenvalue weighted by atomic mass is 9.78. The van der Waals surface area contributed by atoms with Crippen LogP contribution >= 0.6 is 0 Å². The molecule has 4 rings (SSSR count). The van der Waals surface area contributed by atoms with Gasteiger partial charge in [-0.15, -0.1) is 6.58 Å². The monoisotopic (exact) mass is 674 g/mol. The Bertz CT molecular complexity index is 1380. The van der Waals surface area contributed by atoms with Gasteiger partial charge in [0.1, 0.15) is 24.7 Å². The number of ether oxygens (including phenoxy) is 7. The normalized spacial score (nSPS) is 14.7. The van der Waals surface area contributed by atoms with E-state index in [0.29, 0.717) is 75.7 Å². The summed E-state index contributed by atoms with van der Waals surface area (Å²) in [4.78, 5) is 13.1. The van der Waals surface area contributed by atoms with E-state index in [1.807, 2.05) is 30.3 Å². The van der Waals surface area contributed by atoms with Crippen molar-refractivity contribution in [3.63, 3.8) is 0 Å². The topological polar surface area (TPSA) is 81.7 Å². The predicted octanol–water partition coefficient (Wildman–Crippen LogP) is 8.74. The predicted molar refractivity (Wildman–Crippen MR) is 192 cm³/mol. The van der Waals surface area contributed by atoms with Gasteiger partial charge in [-0.1, -0.05) is 76.3 Å². The number of unbranched alkanes of at least 4 members (excludes halogenated alkanes) is 7. The number of carbonyl (C=O) groups is 1. The van der Waals surface area contributed by atoms with Crippen LogP contribution in [0.1, 0.15) is 86.7 Å². The number of fused-ring (bicyclic) bond motifs is 1. The molecule has 0 atom stereocenters. The summed E-state index contributed by atoms with van der Waals surface area (Å²) >= 11 is 0. The van der Waals surface area contributed by atoms with E-state index >= 15 is 0 Å². The Hall–Kier alpha value is -3.85. The Morgan fingerprint density at radius 3 is 1.76 bits per heavy atom. The zero-order chi connectivity index (χ0) is 34.6. The molecule has 0 aliphatic carbocycles. The van der Waals surface area contributed by atoms with Gasteiger partial charge in [0.2, 0.25) is 0 Å². The van der Waals surface area contributed by atoms with Gasteiger partial charge in [-0.25, -0.2) is 4.79 Å². The third kappa shape index (κ3) is 13.2. The lowest BCUT2D eigenvalue weighted by Gasteiger charge is -2.26. The molecule has 0 radical (unpaired) electrons. The third-order valence-electron chi connectivity index (χ3n) is 8.58. The number of allylic oxidation sites excluding steroid dienone is 1. The van der Waals surface area contributed by atoms with Crippen molar-refractivity contribution in [1.82, 2.24) is 0 Å². The van der Waals surface area contributed by atoms with Crippen LogP contribution < -0.4 is 18.9 Å². The lowest BCUT2D eigenvalue weighted by molar-refractivity contribution is 0.00708. The van der Waals surface area contributed by atoms with Crippen LogP contribution in [0.3, 0.4) is 0 Å². The number of carbonyl (C=O) groups excluding carboxylic acids is 1. The first kappa shape index (κ1) is 38.0. The first-order chi connectivity index (χ1) is 24.0. The molecule has 0 saturated carbocycles. The fraction of sp³-hybridized carbons (Fsp3) is 0.488. The molecule has 0 saturated heterocycles. The van der Waals surface area contributed by atoms with E-state index < -0.39 is 5.97 Å². The van der Waals surface area contributed by atoms with Crippen molar-refractivity contribution in [2.75, 3.05) is 59.5 Å². The summed E-state index contributed by atoms with van der Waals surface area (Å²) in [7, 11) is 0. The zero-order valence-corrected chi connectivity index (χ0v) is 29.4. The van der Waals surface area contributed by atoms with Crippen LogP contribution in [0.5, 0.6) is 23.0 Å². The average molecular weight is 675 g/mol. The number of hydrogen-bond acceptors (Lipinski definition) is 8. The number of esters is 1. The van der Waals surface area contributed by atoms with E-state index in [2.05, 4.69) is 44.7 Å². The number of hydrogen-bond donors (Lipinski definition) is 0. The molecule has 0 spiro atoms. The van der Waals surface area contributed by atoms with Crippen LogP contribution in [0, 0.1) is 0 Å². The highest BCUT2D eigenvalue weighted by molar-refractivity contribution is 5.91. The van der Waals surface area contributed by atoms with Crippen molar-refractivity contribution in [1.29, 1.82) is 0 Å². The van der Waals surface area contributed by atoms with E-state index in [1.165, 1.54) is 44.1 Å². The van der Waals surface area contributed by atoms with Crippen molar-refractivity contribution in [2.45, 2.75) is 70.6 Å². The zero-order valence-electron chi connectivity index (χ0n) is 29.4. The van der Waals surface area contributed by atoms with Crippen LogP contribution in [-0.4, -0.2) is 65.4 Å². The second kappa shape index (κ2) is 21.3. The van der Waals surface area contributed by atoms with Gasteiger partial charge in [0.05, 0.1) is 51.8 Å². The van der Waals surface area contributed by atoms with Gasteiger partial charge in [0.25, 0.3) is 0 Å². The average Bonchev–Trinajstić information content (AvgIpc) is 3.12. The SMILES string of the molecule is C=CCCCCCCCCCOc1ccc(C(C)(C)c2ccc(OC(=O)c3ccc4c(c3)OCCOCCOCCOCCO4)cc2)cc1. The summed E-state index contributed by atoms with van der Waals surface area (Å²) in [6.07, 6.45) is 11.9. The smallest absolute Gasteiger partial charge is 0.343 e. The first-order valence-corrected chi connectivity index (χ1v) is 17.8. The highest BCUT2D eigenvalue weighted by atomic mass is 16.6.